The van der Waals surface area contributed by atoms with E-state index in [-0.39, 0.29) is 11.8 Å². The van der Waals surface area contributed by atoms with Gasteiger partial charge in [0, 0.05) is 48.2 Å². The quantitative estimate of drug-likeness (QED) is 0.308. The average molecular weight is 516 g/mol. The summed E-state index contributed by atoms with van der Waals surface area (Å²) in [5.74, 6) is -0.644. The molecule has 3 aromatic rings. The summed E-state index contributed by atoms with van der Waals surface area (Å²) in [6.45, 7) is 4.58. The maximum absolute atomic E-state index is 12.7. The van der Waals surface area contributed by atoms with Gasteiger partial charge in [-0.1, -0.05) is 19.1 Å². The van der Waals surface area contributed by atoms with E-state index in [0.717, 1.165) is 22.6 Å². The number of thiophene rings is 1. The molecule has 0 fully saturated rings. The van der Waals surface area contributed by atoms with E-state index in [1.165, 1.54) is 11.3 Å². The van der Waals surface area contributed by atoms with E-state index < -0.39 is 12.3 Å². The molecular weight excluding hydrogens is 488 g/mol. The van der Waals surface area contributed by atoms with Crippen LogP contribution < -0.4 is 5.32 Å². The van der Waals surface area contributed by atoms with Crippen LogP contribution in [0.5, 0.6) is 0 Å². The van der Waals surface area contributed by atoms with Crippen LogP contribution in [0.25, 0.3) is 16.5 Å². The third-order valence-electron chi connectivity index (χ3n) is 5.19. The van der Waals surface area contributed by atoms with Crippen LogP contribution in [0.15, 0.2) is 52.0 Å². The van der Waals surface area contributed by atoms with Crippen molar-refractivity contribution in [3.63, 3.8) is 0 Å². The lowest BCUT2D eigenvalue weighted by atomic mass is 10.1. The number of ether oxygens (including phenoxy) is 1. The largest absolute Gasteiger partial charge is 0.414 e. The van der Waals surface area contributed by atoms with E-state index in [1.807, 2.05) is 42.7 Å². The van der Waals surface area contributed by atoms with Gasteiger partial charge in [0.1, 0.15) is 0 Å². The van der Waals surface area contributed by atoms with Gasteiger partial charge in [-0.2, -0.15) is 8.78 Å². The van der Waals surface area contributed by atoms with Gasteiger partial charge in [0.15, 0.2) is 0 Å². The minimum absolute atomic E-state index is 0.0505. The predicted molar refractivity (Wildman–Crippen MR) is 135 cm³/mol. The summed E-state index contributed by atoms with van der Waals surface area (Å²) < 4.78 is 35.9. The first-order valence-electron chi connectivity index (χ1n) is 11.7. The Morgan fingerprint density at radius 1 is 1.25 bits per heavy atom. The van der Waals surface area contributed by atoms with Crippen molar-refractivity contribution < 1.29 is 22.7 Å². The molecule has 0 bridgehead atoms. The third-order valence-corrected chi connectivity index (χ3v) is 6.25. The Morgan fingerprint density at radius 2 is 2.14 bits per heavy atom. The van der Waals surface area contributed by atoms with Gasteiger partial charge in [0.2, 0.25) is 5.91 Å². The van der Waals surface area contributed by atoms with Crippen LogP contribution in [-0.4, -0.2) is 47.0 Å². The highest BCUT2D eigenvalue weighted by Crippen LogP contribution is 2.30. The molecule has 0 saturated carbocycles. The van der Waals surface area contributed by atoms with Crippen LogP contribution in [0.2, 0.25) is 0 Å². The van der Waals surface area contributed by atoms with Crippen molar-refractivity contribution in [2.24, 2.45) is 4.99 Å². The molecule has 190 valence electrons. The number of carbonyl (C=O) groups is 1. The third kappa shape index (κ3) is 7.05. The number of rotatable bonds is 12. The lowest BCUT2D eigenvalue weighted by molar-refractivity contribution is -0.116. The van der Waals surface area contributed by atoms with E-state index in [4.69, 9.17) is 9.15 Å². The number of aliphatic imine (C=N–C) groups is 1. The number of aromatic nitrogens is 2. The molecule has 2 aromatic heterocycles. The first-order chi connectivity index (χ1) is 17.5. The molecule has 0 radical (unpaired) electrons. The maximum Gasteiger partial charge on any atom is 0.314 e. The van der Waals surface area contributed by atoms with Crippen LogP contribution in [-0.2, 0) is 16.1 Å². The maximum atomic E-state index is 12.7. The summed E-state index contributed by atoms with van der Waals surface area (Å²) in [5, 5.41) is 10.0. The highest BCUT2D eigenvalue weighted by molar-refractivity contribution is 7.15. The first kappa shape index (κ1) is 25.6. The van der Waals surface area contributed by atoms with E-state index in [0.29, 0.717) is 49.7 Å². The molecular formula is C25H27F2N5O3S. The normalized spacial score (nSPS) is 13.3. The van der Waals surface area contributed by atoms with Crippen LogP contribution in [0.4, 0.5) is 14.5 Å². The van der Waals surface area contributed by atoms with Crippen molar-refractivity contribution >= 4 is 34.8 Å². The smallest absolute Gasteiger partial charge is 0.314 e. The number of halogens is 2. The summed E-state index contributed by atoms with van der Waals surface area (Å²) in [7, 11) is 0. The molecule has 0 atom stereocenters. The lowest BCUT2D eigenvalue weighted by Crippen LogP contribution is -2.21. The predicted octanol–water partition coefficient (Wildman–Crippen LogP) is 5.77. The summed E-state index contributed by atoms with van der Waals surface area (Å²) in [5.41, 5.74) is 2.38. The summed E-state index contributed by atoms with van der Waals surface area (Å²) in [6, 6.07) is 11.3. The molecule has 4 rings (SSSR count). The molecule has 11 heteroatoms. The Balaban J connectivity index is 1.36. The Bertz CT molecular complexity index is 1220. The lowest BCUT2D eigenvalue weighted by Gasteiger charge is -2.22. The summed E-state index contributed by atoms with van der Waals surface area (Å²) >= 11 is 1.41. The number of hydrogen-bond donors (Lipinski definition) is 1. The second-order valence-electron chi connectivity index (χ2n) is 8.11. The van der Waals surface area contributed by atoms with Crippen molar-refractivity contribution in [1.82, 2.24) is 15.1 Å². The van der Waals surface area contributed by atoms with Crippen LogP contribution >= 0.6 is 11.3 Å². The fourth-order valence-electron chi connectivity index (χ4n) is 3.52. The molecule has 0 unspecified atom stereocenters. The van der Waals surface area contributed by atoms with Gasteiger partial charge in [-0.05, 0) is 37.1 Å². The molecule has 1 aliphatic rings. The van der Waals surface area contributed by atoms with Crippen molar-refractivity contribution in [3.05, 3.63) is 58.9 Å². The number of benzene rings is 1. The summed E-state index contributed by atoms with van der Waals surface area (Å²) in [6.07, 6.45) is 3.05. The van der Waals surface area contributed by atoms with E-state index in [1.54, 1.807) is 6.07 Å². The summed E-state index contributed by atoms with van der Waals surface area (Å²) in [4.78, 5) is 20.5. The number of hydrogen-bond acceptors (Lipinski definition) is 8. The monoisotopic (exact) mass is 515 g/mol. The first-order valence-corrected chi connectivity index (χ1v) is 12.5. The standard InChI is InChI=1S/C25H27F2N5O3S/c1-2-12-34-13-4-7-22(33)29-18-6-3-5-17(14-18)20-16-32(11-10-28-20)15-19-8-9-21(36-19)24-30-31-25(35-24)23(26)27/h3,5-6,8-10,14,16,23H,2,4,7,11-13,15H2,1H3,(H,29,33). The number of nitrogens with one attached hydrogen (secondary N) is 1. The molecule has 8 nitrogen and oxygen atoms in total. The van der Waals surface area contributed by atoms with E-state index in [9.17, 15) is 13.6 Å². The van der Waals surface area contributed by atoms with Gasteiger partial charge in [-0.15, -0.1) is 21.5 Å². The molecule has 1 amide bonds. The number of nitrogens with zero attached hydrogens (tertiary/aromatic N) is 4. The van der Waals surface area contributed by atoms with E-state index in [2.05, 4.69) is 32.3 Å². The molecule has 0 saturated heterocycles. The van der Waals surface area contributed by atoms with Gasteiger partial charge >= 0.3 is 6.43 Å². The van der Waals surface area contributed by atoms with Gasteiger partial charge in [0.25, 0.3) is 11.8 Å². The zero-order valence-corrected chi connectivity index (χ0v) is 20.6. The van der Waals surface area contributed by atoms with Crippen molar-refractivity contribution in [1.29, 1.82) is 0 Å². The molecule has 1 N–H and O–H groups in total. The SMILES string of the molecule is CCCOCCCC(=O)Nc1cccc(C2=CN(Cc3ccc(-c4nnc(C(F)F)o4)s3)CC=N2)c1. The second kappa shape index (κ2) is 12.5. The molecule has 0 spiro atoms. The second-order valence-corrected chi connectivity index (χ2v) is 9.28. The van der Waals surface area contributed by atoms with E-state index >= 15 is 0 Å². The fourth-order valence-corrected chi connectivity index (χ4v) is 4.48. The number of amides is 1. The highest BCUT2D eigenvalue weighted by Gasteiger charge is 2.18. The van der Waals surface area contributed by atoms with Gasteiger partial charge < -0.3 is 19.4 Å². The Morgan fingerprint density at radius 3 is 2.94 bits per heavy atom. The van der Waals surface area contributed by atoms with Crippen molar-refractivity contribution in [2.45, 2.75) is 39.2 Å². The van der Waals surface area contributed by atoms with Crippen molar-refractivity contribution in [2.75, 3.05) is 25.1 Å². The van der Waals surface area contributed by atoms with Crippen LogP contribution in [0.1, 0.15) is 48.9 Å². The van der Waals surface area contributed by atoms with Crippen LogP contribution in [0, 0.1) is 0 Å². The fraction of sp³-hybridized carbons (Fsp3) is 0.360. The Kier molecular flexibility index (Phi) is 8.90. The van der Waals surface area contributed by atoms with Gasteiger partial charge in [0.05, 0.1) is 23.7 Å². The molecule has 1 aromatic carbocycles. The van der Waals surface area contributed by atoms with Gasteiger partial charge in [-0.25, -0.2) is 0 Å². The minimum atomic E-state index is -2.79. The molecule has 0 aliphatic carbocycles. The Hall–Kier alpha value is -3.44. The average Bonchev–Trinajstić information content (AvgIpc) is 3.54. The number of anilines is 1. The molecule has 1 aliphatic heterocycles. The number of carbonyl (C=O) groups excluding carboxylic acids is 1. The number of alkyl halides is 2. The van der Waals surface area contributed by atoms with Crippen LogP contribution in [0.3, 0.4) is 0 Å². The zero-order chi connectivity index (χ0) is 25.3. The molecule has 3 heterocycles. The topological polar surface area (TPSA) is 92.8 Å². The zero-order valence-electron chi connectivity index (χ0n) is 19.8. The minimum Gasteiger partial charge on any atom is -0.414 e. The van der Waals surface area contributed by atoms with Crippen molar-refractivity contribution in [3.8, 4) is 10.8 Å². The molecule has 36 heavy (non-hydrogen) atoms. The van der Waals surface area contributed by atoms with Gasteiger partial charge in [-0.3, -0.25) is 9.79 Å². The Labute approximate surface area is 211 Å². The highest BCUT2D eigenvalue weighted by atomic mass is 32.1.